The van der Waals surface area contributed by atoms with E-state index in [1.807, 2.05) is 18.2 Å². The molecule has 4 N–H and O–H groups in total. The van der Waals surface area contributed by atoms with E-state index in [2.05, 4.69) is 5.32 Å². The zero-order valence-corrected chi connectivity index (χ0v) is 15.1. The number of primary amides is 1. The van der Waals surface area contributed by atoms with E-state index in [9.17, 15) is 14.4 Å². The van der Waals surface area contributed by atoms with Gasteiger partial charge in [0.2, 0.25) is 5.91 Å². The minimum absolute atomic E-state index is 0.134. The van der Waals surface area contributed by atoms with Crippen LogP contribution in [0.5, 0.6) is 0 Å². The lowest BCUT2D eigenvalue weighted by Gasteiger charge is -2.27. The lowest BCUT2D eigenvalue weighted by Crippen LogP contribution is -3.14. The van der Waals surface area contributed by atoms with Gasteiger partial charge in [-0.3, -0.25) is 14.4 Å². The predicted molar refractivity (Wildman–Crippen MR) is 102 cm³/mol. The van der Waals surface area contributed by atoms with E-state index in [-0.39, 0.29) is 30.1 Å². The Balaban J connectivity index is 1.68. The third kappa shape index (κ3) is 4.80. The van der Waals surface area contributed by atoms with Crippen molar-refractivity contribution < 1.29 is 19.3 Å². The van der Waals surface area contributed by atoms with Crippen molar-refractivity contribution in [3.63, 3.8) is 0 Å². The number of piperidine rings is 1. The van der Waals surface area contributed by atoms with E-state index in [0.717, 1.165) is 24.3 Å². The van der Waals surface area contributed by atoms with Gasteiger partial charge in [-0.15, -0.1) is 0 Å². The maximum atomic E-state index is 12.7. The van der Waals surface area contributed by atoms with Crippen LogP contribution < -0.4 is 16.0 Å². The number of carbonyl (C=O) groups excluding carboxylic acids is 3. The standard InChI is InChI=1S/C21H23N3O3/c22-21(27)16-9-6-12-24(13-16)14-19(25)23-18-11-5-4-10-17(18)20(26)15-7-2-1-3-8-15/h1-5,7-8,10-11,16H,6,9,12-14H2,(H2,22,27)(H,23,25)/p+1/t16-/m0/s1. The highest BCUT2D eigenvalue weighted by atomic mass is 16.2. The third-order valence-electron chi connectivity index (χ3n) is 4.91. The van der Waals surface area contributed by atoms with Gasteiger partial charge in [-0.1, -0.05) is 42.5 Å². The number of hydrogen-bond donors (Lipinski definition) is 3. The Morgan fingerprint density at radius 1 is 1.04 bits per heavy atom. The molecule has 0 spiro atoms. The molecule has 0 radical (unpaired) electrons. The monoisotopic (exact) mass is 366 g/mol. The van der Waals surface area contributed by atoms with Crippen LogP contribution in [-0.2, 0) is 9.59 Å². The van der Waals surface area contributed by atoms with Gasteiger partial charge in [0, 0.05) is 11.1 Å². The lowest BCUT2D eigenvalue weighted by atomic mass is 9.97. The second-order valence-electron chi connectivity index (χ2n) is 6.91. The maximum absolute atomic E-state index is 12.7. The van der Waals surface area contributed by atoms with Gasteiger partial charge in [-0.2, -0.15) is 0 Å². The zero-order valence-electron chi connectivity index (χ0n) is 15.1. The zero-order chi connectivity index (χ0) is 19.2. The summed E-state index contributed by atoms with van der Waals surface area (Å²) >= 11 is 0. The topological polar surface area (TPSA) is 93.7 Å². The summed E-state index contributed by atoms with van der Waals surface area (Å²) in [5.41, 5.74) is 6.93. The molecule has 0 aromatic heterocycles. The summed E-state index contributed by atoms with van der Waals surface area (Å²) in [6.45, 7) is 1.66. The Bertz CT molecular complexity index is 836. The number of carbonyl (C=O) groups is 3. The molecule has 2 aromatic rings. The lowest BCUT2D eigenvalue weighted by molar-refractivity contribution is -0.899. The molecule has 0 aliphatic carbocycles. The molecule has 0 bridgehead atoms. The van der Waals surface area contributed by atoms with Crippen LogP contribution in [0.4, 0.5) is 5.69 Å². The second-order valence-corrected chi connectivity index (χ2v) is 6.91. The van der Waals surface area contributed by atoms with Gasteiger partial charge < -0.3 is 16.0 Å². The Hall–Kier alpha value is -2.99. The van der Waals surface area contributed by atoms with Gasteiger partial charge in [0.05, 0.1) is 24.7 Å². The molecular formula is C21H24N3O3+. The number of amides is 2. The Kier molecular flexibility index (Phi) is 5.98. The molecule has 6 heteroatoms. The molecule has 1 aliphatic rings. The van der Waals surface area contributed by atoms with Gasteiger partial charge in [0.1, 0.15) is 0 Å². The summed E-state index contributed by atoms with van der Waals surface area (Å²) in [5.74, 6) is -0.783. The summed E-state index contributed by atoms with van der Waals surface area (Å²) in [4.78, 5) is 37.7. The number of ketones is 1. The van der Waals surface area contributed by atoms with E-state index >= 15 is 0 Å². The summed E-state index contributed by atoms with van der Waals surface area (Å²) in [6, 6.07) is 16.0. The molecular weight excluding hydrogens is 342 g/mol. The molecule has 2 atom stereocenters. The van der Waals surface area contributed by atoms with Crippen LogP contribution in [0.1, 0.15) is 28.8 Å². The van der Waals surface area contributed by atoms with Crippen LogP contribution >= 0.6 is 0 Å². The number of likely N-dealkylation sites (tertiary alicyclic amines) is 1. The fraction of sp³-hybridized carbons (Fsp3) is 0.286. The summed E-state index contributed by atoms with van der Waals surface area (Å²) in [6.07, 6.45) is 1.66. The molecule has 6 nitrogen and oxygen atoms in total. The summed E-state index contributed by atoms with van der Waals surface area (Å²) in [7, 11) is 0. The largest absolute Gasteiger partial charge is 0.369 e. The van der Waals surface area contributed by atoms with Crippen LogP contribution in [0.25, 0.3) is 0 Å². The highest BCUT2D eigenvalue weighted by Gasteiger charge is 2.28. The average Bonchev–Trinajstić information content (AvgIpc) is 2.68. The average molecular weight is 366 g/mol. The van der Waals surface area contributed by atoms with Gasteiger partial charge in [-0.05, 0) is 25.0 Å². The first-order valence-corrected chi connectivity index (χ1v) is 9.16. The SMILES string of the molecule is NC(=O)[C@H]1CCC[NH+](CC(=O)Nc2ccccc2C(=O)c2ccccc2)C1. The predicted octanol–water partition coefficient (Wildman–Crippen LogP) is 0.636. The summed E-state index contributed by atoms with van der Waals surface area (Å²) < 4.78 is 0. The van der Waals surface area contributed by atoms with Crippen LogP contribution in [0.2, 0.25) is 0 Å². The molecule has 1 aliphatic heterocycles. The van der Waals surface area contributed by atoms with Crippen molar-refractivity contribution in [3.8, 4) is 0 Å². The molecule has 2 aromatic carbocycles. The van der Waals surface area contributed by atoms with Crippen molar-refractivity contribution in [3.05, 3.63) is 65.7 Å². The molecule has 3 rings (SSSR count). The number of hydrogen-bond acceptors (Lipinski definition) is 3. The molecule has 1 saturated heterocycles. The maximum Gasteiger partial charge on any atom is 0.279 e. The van der Waals surface area contributed by atoms with E-state index in [4.69, 9.17) is 5.73 Å². The minimum Gasteiger partial charge on any atom is -0.369 e. The van der Waals surface area contributed by atoms with Crippen molar-refractivity contribution in [2.45, 2.75) is 12.8 Å². The number of nitrogens with one attached hydrogen (secondary N) is 2. The van der Waals surface area contributed by atoms with Crippen molar-refractivity contribution in [1.29, 1.82) is 0 Å². The number of benzene rings is 2. The van der Waals surface area contributed by atoms with Gasteiger partial charge >= 0.3 is 0 Å². The molecule has 0 saturated carbocycles. The van der Waals surface area contributed by atoms with Crippen LogP contribution in [0.15, 0.2) is 54.6 Å². The number of rotatable bonds is 6. The van der Waals surface area contributed by atoms with Crippen molar-refractivity contribution in [1.82, 2.24) is 0 Å². The molecule has 1 fully saturated rings. The van der Waals surface area contributed by atoms with E-state index in [1.54, 1.807) is 36.4 Å². The fourth-order valence-corrected chi connectivity index (χ4v) is 3.51. The van der Waals surface area contributed by atoms with Crippen molar-refractivity contribution in [2.75, 3.05) is 25.0 Å². The molecule has 1 heterocycles. The highest BCUT2D eigenvalue weighted by molar-refractivity contribution is 6.13. The number of anilines is 1. The van der Waals surface area contributed by atoms with Crippen LogP contribution in [-0.4, -0.2) is 37.2 Å². The summed E-state index contributed by atoms with van der Waals surface area (Å²) in [5, 5.41) is 2.86. The highest BCUT2D eigenvalue weighted by Crippen LogP contribution is 2.19. The first-order chi connectivity index (χ1) is 13.0. The Morgan fingerprint density at radius 3 is 2.48 bits per heavy atom. The van der Waals surface area contributed by atoms with Gasteiger partial charge in [0.15, 0.2) is 12.3 Å². The first-order valence-electron chi connectivity index (χ1n) is 9.16. The van der Waals surface area contributed by atoms with Crippen molar-refractivity contribution >= 4 is 23.3 Å². The number of nitrogens with two attached hydrogens (primary N) is 1. The normalized spacial score (nSPS) is 19.3. The van der Waals surface area contributed by atoms with E-state index < -0.39 is 0 Å². The van der Waals surface area contributed by atoms with E-state index in [1.165, 1.54) is 0 Å². The second kappa shape index (κ2) is 8.60. The Labute approximate surface area is 158 Å². The minimum atomic E-state index is -0.300. The van der Waals surface area contributed by atoms with Gasteiger partial charge in [-0.25, -0.2) is 0 Å². The number of quaternary nitrogens is 1. The van der Waals surface area contributed by atoms with Crippen LogP contribution in [0, 0.1) is 5.92 Å². The van der Waals surface area contributed by atoms with Crippen molar-refractivity contribution in [2.24, 2.45) is 11.7 Å². The Morgan fingerprint density at radius 2 is 1.74 bits per heavy atom. The smallest absolute Gasteiger partial charge is 0.279 e. The quantitative estimate of drug-likeness (QED) is 0.655. The first kappa shape index (κ1) is 18.8. The van der Waals surface area contributed by atoms with Gasteiger partial charge in [0.25, 0.3) is 5.91 Å². The fourth-order valence-electron chi connectivity index (χ4n) is 3.51. The third-order valence-corrected chi connectivity index (χ3v) is 4.91. The molecule has 1 unspecified atom stereocenters. The molecule has 2 amide bonds. The number of para-hydroxylation sites is 1. The molecule has 27 heavy (non-hydrogen) atoms. The van der Waals surface area contributed by atoms with Crippen LogP contribution in [0.3, 0.4) is 0 Å². The molecule has 140 valence electrons. The van der Waals surface area contributed by atoms with E-state index in [0.29, 0.717) is 23.4 Å².